The third kappa shape index (κ3) is 5.13. The van der Waals surface area contributed by atoms with Crippen molar-refractivity contribution in [3.63, 3.8) is 0 Å². The third-order valence-corrected chi connectivity index (χ3v) is 6.08. The van der Waals surface area contributed by atoms with Crippen molar-refractivity contribution in [2.75, 3.05) is 28.4 Å². The molecular weight excluding hydrogens is 428 g/mol. The standard InChI is InChI=1S/C24H28N2O5S/c1-14-9-20(29-4)22(31-6)12-18(14)15(2)25-23(27)11-17-13-32-24(26-17)16-7-8-19(28-3)21(10-16)30-5/h7-10,12-13,15H,11H2,1-6H3,(H,25,27). The van der Waals surface area contributed by atoms with Crippen LogP contribution in [0.1, 0.15) is 29.8 Å². The number of nitrogens with zero attached hydrogens (tertiary/aromatic N) is 1. The maximum absolute atomic E-state index is 12.7. The van der Waals surface area contributed by atoms with Crippen molar-refractivity contribution in [1.29, 1.82) is 0 Å². The fraction of sp³-hybridized carbons (Fsp3) is 0.333. The molecule has 2 aromatic carbocycles. The van der Waals surface area contributed by atoms with Crippen molar-refractivity contribution < 1.29 is 23.7 Å². The largest absolute Gasteiger partial charge is 0.493 e. The Hall–Kier alpha value is -3.26. The number of hydrogen-bond donors (Lipinski definition) is 1. The highest BCUT2D eigenvalue weighted by Gasteiger charge is 2.17. The topological polar surface area (TPSA) is 78.9 Å². The Balaban J connectivity index is 1.69. The summed E-state index contributed by atoms with van der Waals surface area (Å²) in [6.07, 6.45) is 0.195. The SMILES string of the molecule is COc1ccc(-c2nc(CC(=O)NC(C)c3cc(OC)c(OC)cc3C)cs2)cc1OC. The van der Waals surface area contributed by atoms with E-state index in [9.17, 15) is 4.79 Å². The van der Waals surface area contributed by atoms with Gasteiger partial charge < -0.3 is 24.3 Å². The summed E-state index contributed by atoms with van der Waals surface area (Å²) in [4.78, 5) is 17.3. The molecule has 0 fully saturated rings. The second kappa shape index (κ2) is 10.4. The van der Waals surface area contributed by atoms with Gasteiger partial charge >= 0.3 is 0 Å². The fourth-order valence-electron chi connectivity index (χ4n) is 3.49. The number of nitrogens with one attached hydrogen (secondary N) is 1. The van der Waals surface area contributed by atoms with Gasteiger partial charge in [-0.05, 0) is 55.3 Å². The first-order valence-corrected chi connectivity index (χ1v) is 11.0. The van der Waals surface area contributed by atoms with Crippen molar-refractivity contribution in [2.24, 2.45) is 0 Å². The molecule has 1 amide bonds. The van der Waals surface area contributed by atoms with E-state index >= 15 is 0 Å². The molecule has 0 spiro atoms. The average Bonchev–Trinajstić information content (AvgIpc) is 3.26. The Labute approximate surface area is 192 Å². The molecule has 0 aliphatic carbocycles. The van der Waals surface area contributed by atoms with E-state index in [0.29, 0.717) is 28.7 Å². The summed E-state index contributed by atoms with van der Waals surface area (Å²) < 4.78 is 21.4. The fourth-order valence-corrected chi connectivity index (χ4v) is 4.30. The van der Waals surface area contributed by atoms with Crippen molar-refractivity contribution >= 4 is 17.2 Å². The van der Waals surface area contributed by atoms with Crippen molar-refractivity contribution in [2.45, 2.75) is 26.3 Å². The van der Waals surface area contributed by atoms with Crippen LogP contribution in [0.2, 0.25) is 0 Å². The number of carbonyl (C=O) groups is 1. The number of aryl methyl sites for hydroxylation is 1. The summed E-state index contributed by atoms with van der Waals surface area (Å²) in [6.45, 7) is 3.93. The lowest BCUT2D eigenvalue weighted by molar-refractivity contribution is -0.121. The molecule has 0 aliphatic heterocycles. The van der Waals surface area contributed by atoms with E-state index in [1.807, 2.05) is 49.6 Å². The van der Waals surface area contributed by atoms with Gasteiger partial charge in [-0.15, -0.1) is 11.3 Å². The highest BCUT2D eigenvalue weighted by Crippen LogP contribution is 2.34. The number of hydrogen-bond acceptors (Lipinski definition) is 7. The third-order valence-electron chi connectivity index (χ3n) is 5.14. The molecule has 170 valence electrons. The number of benzene rings is 2. The minimum atomic E-state index is -0.189. The molecule has 1 aromatic heterocycles. The molecule has 1 N–H and O–H groups in total. The average molecular weight is 457 g/mol. The second-order valence-corrected chi connectivity index (χ2v) is 8.10. The highest BCUT2D eigenvalue weighted by atomic mass is 32.1. The Morgan fingerprint density at radius 1 is 0.969 bits per heavy atom. The normalized spacial score (nSPS) is 11.6. The first kappa shape index (κ1) is 23.4. The monoisotopic (exact) mass is 456 g/mol. The molecule has 1 heterocycles. The van der Waals surface area contributed by atoms with Crippen molar-refractivity contribution in [3.8, 4) is 33.6 Å². The van der Waals surface area contributed by atoms with Crippen LogP contribution in [0.25, 0.3) is 10.6 Å². The van der Waals surface area contributed by atoms with Crippen LogP contribution < -0.4 is 24.3 Å². The van der Waals surface area contributed by atoms with Gasteiger partial charge in [-0.2, -0.15) is 0 Å². The van der Waals surface area contributed by atoms with Gasteiger partial charge in [-0.25, -0.2) is 4.98 Å². The van der Waals surface area contributed by atoms with Gasteiger partial charge in [-0.1, -0.05) is 0 Å². The minimum Gasteiger partial charge on any atom is -0.493 e. The van der Waals surface area contributed by atoms with Crippen LogP contribution in [0.3, 0.4) is 0 Å². The van der Waals surface area contributed by atoms with Gasteiger partial charge in [-0.3, -0.25) is 4.79 Å². The molecule has 32 heavy (non-hydrogen) atoms. The van der Waals surface area contributed by atoms with Crippen LogP contribution in [0.4, 0.5) is 0 Å². The molecule has 0 radical (unpaired) electrons. The molecule has 1 atom stereocenters. The summed E-state index contributed by atoms with van der Waals surface area (Å²) in [6, 6.07) is 9.26. The maximum atomic E-state index is 12.7. The van der Waals surface area contributed by atoms with E-state index in [4.69, 9.17) is 18.9 Å². The summed E-state index contributed by atoms with van der Waals surface area (Å²) in [5.74, 6) is 2.49. The molecule has 0 saturated heterocycles. The summed E-state index contributed by atoms with van der Waals surface area (Å²) in [5.41, 5.74) is 3.61. The molecule has 3 rings (SSSR count). The van der Waals surface area contributed by atoms with Gasteiger partial charge in [0.05, 0.1) is 46.6 Å². The Morgan fingerprint density at radius 2 is 1.59 bits per heavy atom. The van der Waals surface area contributed by atoms with Crippen LogP contribution in [0.15, 0.2) is 35.7 Å². The van der Waals surface area contributed by atoms with Crippen LogP contribution in [-0.2, 0) is 11.2 Å². The molecule has 0 bridgehead atoms. The smallest absolute Gasteiger partial charge is 0.226 e. The quantitative estimate of drug-likeness (QED) is 0.508. The molecule has 8 heteroatoms. The van der Waals surface area contributed by atoms with Gasteiger partial charge in [0.1, 0.15) is 5.01 Å². The van der Waals surface area contributed by atoms with Gasteiger partial charge in [0.15, 0.2) is 23.0 Å². The zero-order valence-electron chi connectivity index (χ0n) is 19.1. The molecular formula is C24H28N2O5S. The van der Waals surface area contributed by atoms with E-state index in [2.05, 4.69) is 10.3 Å². The van der Waals surface area contributed by atoms with E-state index in [1.165, 1.54) is 11.3 Å². The number of methoxy groups -OCH3 is 4. The van der Waals surface area contributed by atoms with E-state index in [0.717, 1.165) is 21.7 Å². The molecule has 3 aromatic rings. The number of aromatic nitrogens is 1. The molecule has 7 nitrogen and oxygen atoms in total. The number of thiazole rings is 1. The lowest BCUT2D eigenvalue weighted by Gasteiger charge is -2.19. The lowest BCUT2D eigenvalue weighted by atomic mass is 10.0. The van der Waals surface area contributed by atoms with Crippen LogP contribution in [0, 0.1) is 6.92 Å². The molecule has 1 unspecified atom stereocenters. The van der Waals surface area contributed by atoms with Crippen LogP contribution in [-0.4, -0.2) is 39.3 Å². The van der Waals surface area contributed by atoms with E-state index < -0.39 is 0 Å². The highest BCUT2D eigenvalue weighted by molar-refractivity contribution is 7.13. The van der Waals surface area contributed by atoms with E-state index in [-0.39, 0.29) is 18.4 Å². The number of rotatable bonds is 9. The summed E-state index contributed by atoms with van der Waals surface area (Å²) in [5, 5.41) is 5.77. The number of ether oxygens (including phenoxy) is 4. The zero-order chi connectivity index (χ0) is 23.3. The first-order chi connectivity index (χ1) is 15.4. The number of amides is 1. The van der Waals surface area contributed by atoms with E-state index in [1.54, 1.807) is 28.4 Å². The minimum absolute atomic E-state index is 0.101. The zero-order valence-corrected chi connectivity index (χ0v) is 20.0. The van der Waals surface area contributed by atoms with Gasteiger partial charge in [0, 0.05) is 10.9 Å². The Bertz CT molecular complexity index is 1100. The molecule has 0 saturated carbocycles. The van der Waals surface area contributed by atoms with Gasteiger partial charge in [0.25, 0.3) is 0 Å². The first-order valence-electron chi connectivity index (χ1n) is 10.1. The Morgan fingerprint density at radius 3 is 2.25 bits per heavy atom. The summed E-state index contributed by atoms with van der Waals surface area (Å²) in [7, 11) is 6.40. The maximum Gasteiger partial charge on any atom is 0.226 e. The lowest BCUT2D eigenvalue weighted by Crippen LogP contribution is -2.28. The van der Waals surface area contributed by atoms with Crippen LogP contribution in [0.5, 0.6) is 23.0 Å². The van der Waals surface area contributed by atoms with Gasteiger partial charge in [0.2, 0.25) is 5.91 Å². The predicted octanol–water partition coefficient (Wildman–Crippen LogP) is 4.57. The predicted molar refractivity (Wildman–Crippen MR) is 125 cm³/mol. The Kier molecular flexibility index (Phi) is 7.58. The molecule has 0 aliphatic rings. The van der Waals surface area contributed by atoms with Crippen molar-refractivity contribution in [1.82, 2.24) is 10.3 Å². The summed E-state index contributed by atoms with van der Waals surface area (Å²) >= 11 is 1.49. The van der Waals surface area contributed by atoms with Crippen molar-refractivity contribution in [3.05, 3.63) is 52.5 Å². The number of carbonyl (C=O) groups excluding carboxylic acids is 1. The second-order valence-electron chi connectivity index (χ2n) is 7.24. The van der Waals surface area contributed by atoms with Crippen LogP contribution >= 0.6 is 11.3 Å².